The highest BCUT2D eigenvalue weighted by Crippen LogP contribution is 2.35. The molecule has 1 aromatic heterocycles. The lowest BCUT2D eigenvalue weighted by Crippen LogP contribution is -3.00. The number of likely N-dealkylation sites (N-methyl/N-ethyl adjacent to an activating group) is 1. The largest absolute Gasteiger partial charge is 1.00 e. The minimum atomic E-state index is -1.06. The van der Waals surface area contributed by atoms with Gasteiger partial charge in [-0.1, -0.05) is 36.4 Å². The number of carbonyl (C=O) groups is 3. The Morgan fingerprint density at radius 2 is 1.62 bits per heavy atom. The quantitative estimate of drug-likeness (QED) is 0.186. The summed E-state index contributed by atoms with van der Waals surface area (Å²) in [6, 6.07) is 15.0. The molecule has 1 unspecified atom stereocenters. The van der Waals surface area contributed by atoms with Crippen molar-refractivity contribution in [3.8, 4) is 5.75 Å². The average Bonchev–Trinajstić information content (AvgIpc) is 2.97. The van der Waals surface area contributed by atoms with Gasteiger partial charge in [0.05, 0.1) is 37.6 Å². The van der Waals surface area contributed by atoms with Gasteiger partial charge in [0, 0.05) is 12.2 Å². The first-order valence-electron chi connectivity index (χ1n) is 9.79. The fraction of sp³-hybridized carbons (Fsp3) is 0.261. The van der Waals surface area contributed by atoms with E-state index in [4.69, 9.17) is 16.2 Å². The van der Waals surface area contributed by atoms with Crippen molar-refractivity contribution in [1.82, 2.24) is 4.57 Å². The smallest absolute Gasteiger partial charge is 0.318 e. The van der Waals surface area contributed by atoms with Gasteiger partial charge >= 0.3 is 12.1 Å². The first kappa shape index (κ1) is 24.9. The Kier molecular flexibility index (Phi) is 7.33. The lowest BCUT2D eigenvalue weighted by molar-refractivity contribution is -0.904. The third kappa shape index (κ3) is 4.76. The molecule has 32 heavy (non-hydrogen) atoms. The number of ketones is 1. The second-order valence-corrected chi connectivity index (χ2v) is 8.36. The highest BCUT2D eigenvalue weighted by molar-refractivity contribution is 6.45. The number of hydrogen-bond acceptors (Lipinski definition) is 4. The van der Waals surface area contributed by atoms with Crippen molar-refractivity contribution in [2.24, 2.45) is 11.5 Å². The van der Waals surface area contributed by atoms with Gasteiger partial charge in [-0.05, 0) is 24.6 Å². The lowest BCUT2D eigenvalue weighted by Gasteiger charge is -2.31. The zero-order valence-electron chi connectivity index (χ0n) is 18.5. The van der Waals surface area contributed by atoms with Gasteiger partial charge in [0.25, 0.3) is 11.7 Å². The highest BCUT2D eigenvalue weighted by atomic mass is 35.5. The van der Waals surface area contributed by atoms with E-state index in [1.54, 1.807) is 40.2 Å². The molecule has 2 amide bonds. The van der Waals surface area contributed by atoms with Gasteiger partial charge in [0.1, 0.15) is 5.75 Å². The van der Waals surface area contributed by atoms with Crippen LogP contribution in [-0.2, 0) is 16.1 Å². The van der Waals surface area contributed by atoms with Gasteiger partial charge < -0.3 is 33.2 Å². The maximum absolute atomic E-state index is 12.8. The summed E-state index contributed by atoms with van der Waals surface area (Å²) in [5.74, 6) is -2.23. The van der Waals surface area contributed by atoms with Crippen LogP contribution < -0.4 is 28.6 Å². The van der Waals surface area contributed by atoms with Crippen molar-refractivity contribution in [2.75, 3.05) is 21.1 Å². The van der Waals surface area contributed by atoms with Gasteiger partial charge in [-0.2, -0.15) is 0 Å². The maximum atomic E-state index is 12.8. The number of primary amides is 2. The standard InChI is InChI=1S/C23H26N4O4.ClH/c1-14-18(20(28)21(24)29)19-16(26(14)13-15-9-6-5-7-10-15)11-8-12-17(19)31-23(22(25)30)27(2,3)4;/h5-12,23H,13H2,1-4H3,(H3-,24,25,29,30);1H. The predicted octanol–water partition coefficient (Wildman–Crippen LogP) is -1.43. The van der Waals surface area contributed by atoms with Crippen LogP contribution in [0.25, 0.3) is 10.9 Å². The Morgan fingerprint density at radius 1 is 1.00 bits per heavy atom. The van der Waals surface area contributed by atoms with E-state index in [1.165, 1.54) is 0 Å². The van der Waals surface area contributed by atoms with Gasteiger partial charge in [0.2, 0.25) is 0 Å². The third-order valence-electron chi connectivity index (χ3n) is 5.13. The summed E-state index contributed by atoms with van der Waals surface area (Å²) >= 11 is 0. The monoisotopic (exact) mass is 458 g/mol. The van der Waals surface area contributed by atoms with E-state index in [2.05, 4.69) is 0 Å². The molecule has 2 aromatic carbocycles. The van der Waals surface area contributed by atoms with Gasteiger partial charge in [-0.25, -0.2) is 0 Å². The zero-order valence-corrected chi connectivity index (χ0v) is 19.2. The number of aromatic nitrogens is 1. The minimum absolute atomic E-state index is 0. The summed E-state index contributed by atoms with van der Waals surface area (Å²) in [6.45, 7) is 2.24. The molecule has 0 aliphatic rings. The van der Waals surface area contributed by atoms with E-state index < -0.39 is 23.8 Å². The minimum Gasteiger partial charge on any atom is -1.00 e. The van der Waals surface area contributed by atoms with Crippen LogP contribution in [0.1, 0.15) is 21.6 Å². The fourth-order valence-corrected chi connectivity index (χ4v) is 3.68. The number of benzene rings is 2. The summed E-state index contributed by atoms with van der Waals surface area (Å²) in [5.41, 5.74) is 13.4. The van der Waals surface area contributed by atoms with Crippen LogP contribution in [0.2, 0.25) is 0 Å². The lowest BCUT2D eigenvalue weighted by atomic mass is 10.1. The zero-order chi connectivity index (χ0) is 22.9. The van der Waals surface area contributed by atoms with E-state index >= 15 is 0 Å². The Labute approximate surface area is 192 Å². The normalized spacial score (nSPS) is 12.1. The van der Waals surface area contributed by atoms with E-state index in [1.807, 2.05) is 41.0 Å². The Balaban J connectivity index is 0.00000363. The topological polar surface area (TPSA) is 117 Å². The molecule has 0 fully saturated rings. The number of quaternary nitrogens is 1. The molecule has 4 N–H and O–H groups in total. The highest BCUT2D eigenvalue weighted by Gasteiger charge is 2.34. The molecule has 170 valence electrons. The van der Waals surface area contributed by atoms with Crippen LogP contribution in [0.5, 0.6) is 5.75 Å². The second kappa shape index (κ2) is 9.42. The number of carbonyl (C=O) groups excluding carboxylic acids is 3. The molecular weight excluding hydrogens is 432 g/mol. The molecule has 1 atom stereocenters. The molecule has 0 saturated heterocycles. The summed E-state index contributed by atoms with van der Waals surface area (Å²) in [7, 11) is 5.32. The molecule has 0 spiro atoms. The number of rotatable bonds is 8. The number of ether oxygens (including phenoxy) is 1. The Morgan fingerprint density at radius 3 is 2.16 bits per heavy atom. The molecule has 9 heteroatoms. The Hall–Kier alpha value is -3.36. The van der Waals surface area contributed by atoms with Crippen molar-refractivity contribution in [1.29, 1.82) is 0 Å². The van der Waals surface area contributed by atoms with Crippen LogP contribution in [0, 0.1) is 6.92 Å². The summed E-state index contributed by atoms with van der Waals surface area (Å²) in [6.07, 6.45) is -1.00. The molecule has 8 nitrogen and oxygen atoms in total. The third-order valence-corrected chi connectivity index (χ3v) is 5.13. The molecule has 3 rings (SSSR count). The second-order valence-electron chi connectivity index (χ2n) is 8.36. The molecule has 0 saturated carbocycles. The maximum Gasteiger partial charge on any atom is 0.318 e. The molecule has 0 aliphatic carbocycles. The molecule has 1 heterocycles. The van der Waals surface area contributed by atoms with Crippen molar-refractivity contribution in [3.63, 3.8) is 0 Å². The van der Waals surface area contributed by atoms with E-state index in [0.29, 0.717) is 23.1 Å². The number of fused-ring (bicyclic) bond motifs is 1. The van der Waals surface area contributed by atoms with E-state index in [9.17, 15) is 14.4 Å². The van der Waals surface area contributed by atoms with Crippen LogP contribution in [0.4, 0.5) is 0 Å². The van der Waals surface area contributed by atoms with Crippen LogP contribution in [-0.4, -0.2) is 54.0 Å². The molecular formula is C23H27ClN4O4. The summed E-state index contributed by atoms with van der Waals surface area (Å²) in [4.78, 5) is 36.6. The number of Topliss-reactive ketones (excluding diaryl/α,β-unsaturated/α-hetero) is 1. The molecule has 0 radical (unpaired) electrons. The number of nitrogens with two attached hydrogens (primary N) is 2. The van der Waals surface area contributed by atoms with Crippen LogP contribution in [0.3, 0.4) is 0 Å². The van der Waals surface area contributed by atoms with Crippen LogP contribution in [0.15, 0.2) is 48.5 Å². The van der Waals surface area contributed by atoms with Crippen LogP contribution >= 0.6 is 0 Å². The molecule has 0 bridgehead atoms. The summed E-state index contributed by atoms with van der Waals surface area (Å²) < 4.78 is 8.07. The number of hydrogen-bond donors (Lipinski definition) is 2. The van der Waals surface area contributed by atoms with Crippen molar-refractivity contribution < 1.29 is 36.0 Å². The van der Waals surface area contributed by atoms with Crippen molar-refractivity contribution in [2.45, 2.75) is 19.7 Å². The number of halogens is 1. The molecule has 0 aliphatic heterocycles. The summed E-state index contributed by atoms with van der Waals surface area (Å²) in [5, 5.41) is 0.430. The Bertz CT molecular complexity index is 1170. The SMILES string of the molecule is Cc1c(C(=O)C(N)=O)c2c(OC(C(N)=O)[N+](C)(C)C)cccc2n1Cc1ccccc1.[Cl-]. The number of amides is 2. The van der Waals surface area contributed by atoms with E-state index in [-0.39, 0.29) is 28.2 Å². The van der Waals surface area contributed by atoms with Gasteiger partial charge in [-0.3, -0.25) is 18.9 Å². The van der Waals surface area contributed by atoms with Crippen molar-refractivity contribution in [3.05, 3.63) is 65.4 Å². The van der Waals surface area contributed by atoms with Crippen molar-refractivity contribution >= 4 is 28.5 Å². The fourth-order valence-electron chi connectivity index (χ4n) is 3.68. The molecule has 3 aromatic rings. The first-order valence-corrected chi connectivity index (χ1v) is 9.79. The van der Waals surface area contributed by atoms with Gasteiger partial charge in [-0.15, -0.1) is 0 Å². The van der Waals surface area contributed by atoms with E-state index in [0.717, 1.165) is 5.56 Å². The first-order chi connectivity index (χ1) is 14.5. The average molecular weight is 459 g/mol. The predicted molar refractivity (Wildman–Crippen MR) is 117 cm³/mol. The van der Waals surface area contributed by atoms with Gasteiger partial charge in [0.15, 0.2) is 0 Å². The number of nitrogens with zero attached hydrogens (tertiary/aromatic N) is 2.